The summed E-state index contributed by atoms with van der Waals surface area (Å²) in [7, 11) is 0. The van der Waals surface area contributed by atoms with Crippen LogP contribution in [0.4, 0.5) is 18.9 Å². The maximum absolute atomic E-state index is 12.9. The maximum atomic E-state index is 12.9. The highest BCUT2D eigenvalue weighted by Gasteiger charge is 2.10. The Kier molecular flexibility index (Phi) is 3.54. The van der Waals surface area contributed by atoms with Crippen molar-refractivity contribution in [1.29, 1.82) is 0 Å². The van der Waals surface area contributed by atoms with Crippen LogP contribution in [-0.4, -0.2) is 4.98 Å². The van der Waals surface area contributed by atoms with Crippen LogP contribution in [0, 0.1) is 17.5 Å². The zero-order valence-electron chi connectivity index (χ0n) is 8.31. The predicted octanol–water partition coefficient (Wildman–Crippen LogP) is 3.83. The molecule has 0 saturated carbocycles. The van der Waals surface area contributed by atoms with E-state index in [4.69, 9.17) is 11.6 Å². The Bertz CT molecular complexity index is 521. The molecule has 7 heteroatoms. The average molecular weight is 279 g/mol. The van der Waals surface area contributed by atoms with Crippen LogP contribution in [0.5, 0.6) is 0 Å². The highest BCUT2D eigenvalue weighted by molar-refractivity contribution is 7.15. The molecule has 0 aliphatic rings. The second-order valence-corrected chi connectivity index (χ2v) is 4.88. The van der Waals surface area contributed by atoms with Gasteiger partial charge in [0.2, 0.25) is 0 Å². The fraction of sp³-hybridized carbons (Fsp3) is 0.100. The number of thiazole rings is 1. The van der Waals surface area contributed by atoms with Crippen LogP contribution in [-0.2, 0) is 6.54 Å². The third kappa shape index (κ3) is 2.89. The summed E-state index contributed by atoms with van der Waals surface area (Å²) in [6, 6.07) is 1.78. The second-order valence-electron chi connectivity index (χ2n) is 3.19. The molecule has 0 amide bonds. The van der Waals surface area contributed by atoms with E-state index >= 15 is 0 Å². The molecule has 0 aliphatic carbocycles. The van der Waals surface area contributed by atoms with Gasteiger partial charge in [-0.1, -0.05) is 11.6 Å². The Labute approximate surface area is 104 Å². The molecule has 1 heterocycles. The molecule has 0 bridgehead atoms. The van der Waals surface area contributed by atoms with Crippen molar-refractivity contribution >= 4 is 28.6 Å². The summed E-state index contributed by atoms with van der Waals surface area (Å²) in [5.74, 6) is -3.93. The van der Waals surface area contributed by atoms with Crippen LogP contribution in [0.15, 0.2) is 18.3 Å². The number of hydrogen-bond donors (Lipinski definition) is 1. The van der Waals surface area contributed by atoms with Gasteiger partial charge in [0.15, 0.2) is 21.9 Å². The molecule has 0 atom stereocenters. The van der Waals surface area contributed by atoms with Crippen molar-refractivity contribution in [3.8, 4) is 0 Å². The van der Waals surface area contributed by atoms with Crippen molar-refractivity contribution < 1.29 is 13.2 Å². The number of hydrogen-bond acceptors (Lipinski definition) is 3. The van der Waals surface area contributed by atoms with Crippen LogP contribution in [0.2, 0.25) is 4.47 Å². The molecule has 0 radical (unpaired) electrons. The van der Waals surface area contributed by atoms with E-state index in [1.54, 1.807) is 6.20 Å². The highest BCUT2D eigenvalue weighted by atomic mass is 35.5. The summed E-state index contributed by atoms with van der Waals surface area (Å²) in [5, 5.41) is 2.75. The fourth-order valence-electron chi connectivity index (χ4n) is 1.21. The number of rotatable bonds is 3. The zero-order valence-corrected chi connectivity index (χ0v) is 9.88. The van der Waals surface area contributed by atoms with Crippen LogP contribution >= 0.6 is 22.9 Å². The zero-order chi connectivity index (χ0) is 12.4. The molecule has 90 valence electrons. The first-order valence-electron chi connectivity index (χ1n) is 4.55. The van der Waals surface area contributed by atoms with E-state index in [9.17, 15) is 13.2 Å². The fourth-order valence-corrected chi connectivity index (χ4v) is 2.13. The molecule has 1 N–H and O–H groups in total. The van der Waals surface area contributed by atoms with E-state index < -0.39 is 17.5 Å². The Morgan fingerprint density at radius 2 is 1.88 bits per heavy atom. The summed E-state index contributed by atoms with van der Waals surface area (Å²) in [5.41, 5.74) is 0.158. The van der Waals surface area contributed by atoms with Gasteiger partial charge in [-0.05, 0) is 0 Å². The van der Waals surface area contributed by atoms with Gasteiger partial charge in [-0.3, -0.25) is 0 Å². The lowest BCUT2D eigenvalue weighted by Gasteiger charge is -2.05. The third-order valence-corrected chi connectivity index (χ3v) is 3.09. The lowest BCUT2D eigenvalue weighted by atomic mass is 10.3. The third-order valence-electron chi connectivity index (χ3n) is 1.98. The van der Waals surface area contributed by atoms with E-state index in [0.717, 1.165) is 17.0 Å². The van der Waals surface area contributed by atoms with Crippen molar-refractivity contribution in [2.45, 2.75) is 6.54 Å². The highest BCUT2D eigenvalue weighted by Crippen LogP contribution is 2.21. The van der Waals surface area contributed by atoms with Gasteiger partial charge in [0, 0.05) is 28.9 Å². The minimum absolute atomic E-state index is 0.158. The van der Waals surface area contributed by atoms with Crippen molar-refractivity contribution in [2.24, 2.45) is 0 Å². The van der Waals surface area contributed by atoms with E-state index in [1.807, 2.05) is 0 Å². The van der Waals surface area contributed by atoms with Crippen LogP contribution in [0.25, 0.3) is 0 Å². The van der Waals surface area contributed by atoms with Crippen molar-refractivity contribution in [1.82, 2.24) is 4.98 Å². The largest absolute Gasteiger partial charge is 0.380 e. The van der Waals surface area contributed by atoms with Crippen LogP contribution in [0.1, 0.15) is 4.88 Å². The Morgan fingerprint density at radius 1 is 1.24 bits per heavy atom. The molecular weight excluding hydrogens is 273 g/mol. The van der Waals surface area contributed by atoms with Crippen molar-refractivity contribution in [3.05, 3.63) is 45.1 Å². The Morgan fingerprint density at radius 3 is 2.41 bits per heavy atom. The van der Waals surface area contributed by atoms with Gasteiger partial charge in [0.1, 0.15) is 0 Å². The molecule has 0 spiro atoms. The smallest absolute Gasteiger partial charge is 0.194 e. The molecular formula is C10H6ClF3N2S. The minimum Gasteiger partial charge on any atom is -0.380 e. The summed E-state index contributed by atoms with van der Waals surface area (Å²) >= 11 is 6.87. The number of nitrogens with zero attached hydrogens (tertiary/aromatic N) is 1. The predicted molar refractivity (Wildman–Crippen MR) is 60.8 cm³/mol. The summed E-state index contributed by atoms with van der Waals surface area (Å²) in [6.45, 7) is 0.314. The van der Waals surface area contributed by atoms with Crippen LogP contribution in [0.3, 0.4) is 0 Å². The normalized spacial score (nSPS) is 10.6. The number of nitrogens with one attached hydrogen (secondary N) is 1. The first-order valence-corrected chi connectivity index (χ1v) is 5.74. The monoisotopic (exact) mass is 278 g/mol. The number of aromatic nitrogens is 1. The SMILES string of the molecule is Fc1cc(NCc2cnc(Cl)s2)cc(F)c1F. The molecule has 2 aromatic rings. The van der Waals surface area contributed by atoms with Gasteiger partial charge >= 0.3 is 0 Å². The summed E-state index contributed by atoms with van der Waals surface area (Å²) < 4.78 is 38.8. The van der Waals surface area contributed by atoms with Gasteiger partial charge in [-0.15, -0.1) is 11.3 Å². The minimum atomic E-state index is -1.48. The second kappa shape index (κ2) is 4.93. The van der Waals surface area contributed by atoms with Crippen molar-refractivity contribution in [3.63, 3.8) is 0 Å². The molecule has 0 fully saturated rings. The molecule has 1 aromatic heterocycles. The van der Waals surface area contributed by atoms with Crippen molar-refractivity contribution in [2.75, 3.05) is 5.32 Å². The summed E-state index contributed by atoms with van der Waals surface area (Å²) in [6.07, 6.45) is 1.55. The molecule has 2 nitrogen and oxygen atoms in total. The lowest BCUT2D eigenvalue weighted by Crippen LogP contribution is -2.00. The summed E-state index contributed by atoms with van der Waals surface area (Å²) in [4.78, 5) is 4.62. The number of halogens is 4. The standard InChI is InChI=1S/C10H6ClF3N2S/c11-10-16-4-6(17-10)3-15-5-1-7(12)9(14)8(13)2-5/h1-2,4,15H,3H2. The quantitative estimate of drug-likeness (QED) is 0.863. The van der Waals surface area contributed by atoms with E-state index in [1.165, 1.54) is 11.3 Å². The molecule has 1 aromatic carbocycles. The van der Waals surface area contributed by atoms with Gasteiger partial charge in [-0.25, -0.2) is 18.2 Å². The number of benzene rings is 1. The Balaban J connectivity index is 2.09. The van der Waals surface area contributed by atoms with Gasteiger partial charge in [-0.2, -0.15) is 0 Å². The molecule has 0 unspecified atom stereocenters. The van der Waals surface area contributed by atoms with Gasteiger partial charge in [0.05, 0.1) is 6.54 Å². The van der Waals surface area contributed by atoms with E-state index in [2.05, 4.69) is 10.3 Å². The average Bonchev–Trinajstić information content (AvgIpc) is 2.69. The first-order chi connectivity index (χ1) is 8.06. The van der Waals surface area contributed by atoms with E-state index in [-0.39, 0.29) is 5.69 Å². The Hall–Kier alpha value is -1.27. The first kappa shape index (κ1) is 12.2. The maximum Gasteiger partial charge on any atom is 0.194 e. The molecule has 17 heavy (non-hydrogen) atoms. The number of anilines is 1. The van der Waals surface area contributed by atoms with E-state index in [0.29, 0.717) is 11.0 Å². The molecule has 0 aliphatic heterocycles. The van der Waals surface area contributed by atoms with Crippen LogP contribution < -0.4 is 5.32 Å². The van der Waals surface area contributed by atoms with Gasteiger partial charge < -0.3 is 5.32 Å². The topological polar surface area (TPSA) is 24.9 Å². The molecule has 0 saturated heterocycles. The lowest BCUT2D eigenvalue weighted by molar-refractivity contribution is 0.447. The van der Waals surface area contributed by atoms with Gasteiger partial charge in [0.25, 0.3) is 0 Å². The molecule has 2 rings (SSSR count).